The third-order valence-corrected chi connectivity index (χ3v) is 7.48. The number of aliphatic hydroxyl groups is 1. The Balaban J connectivity index is 1.40. The van der Waals surface area contributed by atoms with Crippen LogP contribution in [-0.4, -0.2) is 74.0 Å². The second-order valence-electron chi connectivity index (χ2n) is 9.84. The highest BCUT2D eigenvalue weighted by molar-refractivity contribution is 5.32. The van der Waals surface area contributed by atoms with Gasteiger partial charge in [-0.1, -0.05) is 43.5 Å². The van der Waals surface area contributed by atoms with Crippen LogP contribution in [0.5, 0.6) is 11.5 Å². The summed E-state index contributed by atoms with van der Waals surface area (Å²) >= 11 is 0. The predicted octanol–water partition coefficient (Wildman–Crippen LogP) is 4.34. The van der Waals surface area contributed by atoms with Crippen LogP contribution in [0.4, 0.5) is 0 Å². The molecule has 1 aliphatic carbocycles. The van der Waals surface area contributed by atoms with E-state index in [0.717, 1.165) is 76.3 Å². The Kier molecular flexibility index (Phi) is 8.29. The van der Waals surface area contributed by atoms with Crippen LogP contribution in [0.2, 0.25) is 0 Å². The first-order valence-corrected chi connectivity index (χ1v) is 12.5. The summed E-state index contributed by atoms with van der Waals surface area (Å²) in [6.45, 7) is 5.92. The van der Waals surface area contributed by atoms with Crippen molar-refractivity contribution >= 4 is 0 Å². The van der Waals surface area contributed by atoms with Gasteiger partial charge in [0.2, 0.25) is 0 Å². The van der Waals surface area contributed by atoms with Crippen molar-refractivity contribution in [2.75, 3.05) is 53.5 Å². The fourth-order valence-electron chi connectivity index (χ4n) is 5.30. The molecule has 2 aromatic rings. The number of benzene rings is 2. The largest absolute Gasteiger partial charge is 0.497 e. The minimum atomic E-state index is -0.601. The number of likely N-dealkylation sites (N-methyl/N-ethyl adjacent to an activating group) is 1. The highest BCUT2D eigenvalue weighted by Gasteiger charge is 2.39. The van der Waals surface area contributed by atoms with Gasteiger partial charge >= 0.3 is 0 Å². The molecule has 1 saturated heterocycles. The number of hydrogen-bond acceptors (Lipinski definition) is 5. The zero-order valence-electron chi connectivity index (χ0n) is 20.3. The van der Waals surface area contributed by atoms with Crippen LogP contribution in [0.25, 0.3) is 0 Å². The summed E-state index contributed by atoms with van der Waals surface area (Å²) in [5.41, 5.74) is 1.84. The van der Waals surface area contributed by atoms with Gasteiger partial charge in [0.1, 0.15) is 11.5 Å². The lowest BCUT2D eigenvalue weighted by atomic mass is 9.72. The second kappa shape index (κ2) is 11.4. The molecule has 1 N–H and O–H groups in total. The lowest BCUT2D eigenvalue weighted by Crippen LogP contribution is -2.50. The zero-order valence-corrected chi connectivity index (χ0v) is 20.3. The number of piperazine rings is 1. The maximum absolute atomic E-state index is 11.7. The first kappa shape index (κ1) is 24.1. The van der Waals surface area contributed by atoms with E-state index in [0.29, 0.717) is 6.61 Å². The van der Waals surface area contributed by atoms with Gasteiger partial charge in [-0.05, 0) is 55.3 Å². The van der Waals surface area contributed by atoms with Gasteiger partial charge in [0.15, 0.2) is 0 Å². The van der Waals surface area contributed by atoms with E-state index in [1.165, 1.54) is 17.5 Å². The van der Waals surface area contributed by atoms with Crippen molar-refractivity contribution < 1.29 is 14.6 Å². The van der Waals surface area contributed by atoms with E-state index in [2.05, 4.69) is 53.2 Å². The van der Waals surface area contributed by atoms with E-state index < -0.39 is 5.60 Å². The van der Waals surface area contributed by atoms with Crippen molar-refractivity contribution in [2.45, 2.75) is 50.0 Å². The van der Waals surface area contributed by atoms with Gasteiger partial charge in [-0.3, -0.25) is 0 Å². The summed E-state index contributed by atoms with van der Waals surface area (Å²) in [5, 5.41) is 11.7. The van der Waals surface area contributed by atoms with Crippen molar-refractivity contribution in [3.63, 3.8) is 0 Å². The minimum absolute atomic E-state index is 0.145. The van der Waals surface area contributed by atoms with E-state index in [1.54, 1.807) is 7.11 Å². The summed E-state index contributed by atoms with van der Waals surface area (Å²) in [6.07, 6.45) is 6.14. The molecule has 2 aliphatic rings. The number of hydrogen-bond donors (Lipinski definition) is 1. The molecule has 4 rings (SSSR count). The van der Waals surface area contributed by atoms with Crippen LogP contribution in [0, 0.1) is 0 Å². The van der Waals surface area contributed by atoms with Gasteiger partial charge in [0.25, 0.3) is 0 Å². The van der Waals surface area contributed by atoms with Gasteiger partial charge in [-0.2, -0.15) is 0 Å². The smallest absolute Gasteiger partial charge is 0.119 e. The Morgan fingerprint density at radius 1 is 0.939 bits per heavy atom. The molecule has 1 aliphatic heterocycles. The van der Waals surface area contributed by atoms with Crippen LogP contribution in [0.15, 0.2) is 48.5 Å². The fraction of sp³-hybridized carbons (Fsp3) is 0.571. The molecule has 1 saturated carbocycles. The Hall–Kier alpha value is -2.08. The molecule has 0 aromatic heterocycles. The fourth-order valence-corrected chi connectivity index (χ4v) is 5.30. The number of ether oxygens (including phenoxy) is 2. The molecule has 0 amide bonds. The zero-order chi connectivity index (χ0) is 23.1. The lowest BCUT2D eigenvalue weighted by molar-refractivity contribution is -0.0337. The molecule has 180 valence electrons. The molecule has 0 spiro atoms. The molecule has 2 aromatic carbocycles. The second-order valence-corrected chi connectivity index (χ2v) is 9.84. The van der Waals surface area contributed by atoms with E-state index >= 15 is 0 Å². The summed E-state index contributed by atoms with van der Waals surface area (Å²) in [5.74, 6) is 1.91. The van der Waals surface area contributed by atoms with E-state index in [9.17, 15) is 5.11 Å². The third kappa shape index (κ3) is 6.50. The van der Waals surface area contributed by atoms with Crippen molar-refractivity contribution in [3.8, 4) is 11.5 Å². The maximum Gasteiger partial charge on any atom is 0.119 e. The van der Waals surface area contributed by atoms with Crippen molar-refractivity contribution in [1.29, 1.82) is 0 Å². The predicted molar refractivity (Wildman–Crippen MR) is 133 cm³/mol. The van der Waals surface area contributed by atoms with Gasteiger partial charge < -0.3 is 24.4 Å². The van der Waals surface area contributed by atoms with Gasteiger partial charge in [-0.15, -0.1) is 0 Å². The van der Waals surface area contributed by atoms with Gasteiger partial charge in [0.05, 0.1) is 19.3 Å². The number of nitrogens with zero attached hydrogens (tertiary/aromatic N) is 2. The highest BCUT2D eigenvalue weighted by atomic mass is 16.5. The molecule has 5 nitrogen and oxygen atoms in total. The van der Waals surface area contributed by atoms with Crippen molar-refractivity contribution in [1.82, 2.24) is 9.80 Å². The lowest BCUT2D eigenvalue weighted by Gasteiger charge is -2.43. The summed E-state index contributed by atoms with van der Waals surface area (Å²) in [7, 11) is 3.88. The number of methoxy groups -OCH3 is 1. The minimum Gasteiger partial charge on any atom is -0.497 e. The first-order chi connectivity index (χ1) is 16.1. The van der Waals surface area contributed by atoms with Crippen molar-refractivity contribution in [2.24, 2.45) is 0 Å². The Bertz CT molecular complexity index is 856. The first-order valence-electron chi connectivity index (χ1n) is 12.5. The summed E-state index contributed by atoms with van der Waals surface area (Å²) in [6, 6.07) is 16.6. The average Bonchev–Trinajstić information content (AvgIpc) is 2.85. The van der Waals surface area contributed by atoms with Crippen LogP contribution in [-0.2, 0) is 6.42 Å². The quantitative estimate of drug-likeness (QED) is 0.613. The van der Waals surface area contributed by atoms with Crippen LogP contribution < -0.4 is 9.47 Å². The van der Waals surface area contributed by atoms with Crippen molar-refractivity contribution in [3.05, 3.63) is 59.7 Å². The number of rotatable bonds is 9. The monoisotopic (exact) mass is 452 g/mol. The molecule has 1 unspecified atom stereocenters. The van der Waals surface area contributed by atoms with Gasteiger partial charge in [-0.25, -0.2) is 0 Å². The molecule has 1 heterocycles. The summed E-state index contributed by atoms with van der Waals surface area (Å²) < 4.78 is 11.3. The Morgan fingerprint density at radius 2 is 1.67 bits per heavy atom. The Labute approximate surface area is 199 Å². The molecule has 33 heavy (non-hydrogen) atoms. The third-order valence-electron chi connectivity index (χ3n) is 7.48. The topological polar surface area (TPSA) is 45.2 Å². The van der Waals surface area contributed by atoms with E-state index in [-0.39, 0.29) is 5.92 Å². The van der Waals surface area contributed by atoms with Crippen LogP contribution in [0.3, 0.4) is 0 Å². The standard InChI is InChI=1S/C28H40N2O3/c1-29-16-18-30(19-17-29)22-27(28(31)14-4-3-5-15-28)24-9-11-25(12-10-24)33-20-13-23-7-6-8-26(21-23)32-2/h6-12,21,27,31H,3-5,13-20,22H2,1-2H3. The average molecular weight is 453 g/mol. The normalized spacial score (nSPS) is 20.3. The molecule has 2 fully saturated rings. The molecule has 0 bridgehead atoms. The molecular formula is C28H40N2O3. The molecule has 1 atom stereocenters. The molecule has 0 radical (unpaired) electrons. The molecule has 5 heteroatoms. The van der Waals surface area contributed by atoms with Crippen LogP contribution in [0.1, 0.15) is 49.1 Å². The van der Waals surface area contributed by atoms with E-state index in [1.807, 2.05) is 12.1 Å². The maximum atomic E-state index is 11.7. The Morgan fingerprint density at radius 3 is 2.36 bits per heavy atom. The van der Waals surface area contributed by atoms with Crippen LogP contribution >= 0.6 is 0 Å². The van der Waals surface area contributed by atoms with E-state index in [4.69, 9.17) is 9.47 Å². The van der Waals surface area contributed by atoms with Gasteiger partial charge in [0, 0.05) is 45.1 Å². The SMILES string of the molecule is COc1cccc(CCOc2ccc(C(CN3CCN(C)CC3)C3(O)CCCCC3)cc2)c1. The summed E-state index contributed by atoms with van der Waals surface area (Å²) in [4.78, 5) is 4.92. The highest BCUT2D eigenvalue weighted by Crippen LogP contribution is 2.41. The molecular weight excluding hydrogens is 412 g/mol.